The molecule has 0 aliphatic rings. The molecule has 22 heavy (non-hydrogen) atoms. The molecule has 0 unspecified atom stereocenters. The van der Waals surface area contributed by atoms with Crippen LogP contribution >= 0.6 is 0 Å². The molecule has 2 aromatic rings. The third kappa shape index (κ3) is 4.10. The van der Waals surface area contributed by atoms with Gasteiger partial charge in [-0.25, -0.2) is 0 Å². The van der Waals surface area contributed by atoms with E-state index in [-0.39, 0.29) is 12.0 Å². The van der Waals surface area contributed by atoms with Crippen LogP contribution in [0.15, 0.2) is 36.7 Å². The number of aromatic nitrogens is 2. The van der Waals surface area contributed by atoms with Gasteiger partial charge in [0.25, 0.3) is 5.91 Å². The highest BCUT2D eigenvalue weighted by atomic mass is 16.5. The quantitative estimate of drug-likeness (QED) is 0.824. The summed E-state index contributed by atoms with van der Waals surface area (Å²) in [6, 6.07) is 7.25. The molecular weight excluding hydrogens is 278 g/mol. The van der Waals surface area contributed by atoms with E-state index in [9.17, 15) is 4.79 Å². The number of benzene rings is 1. The van der Waals surface area contributed by atoms with Crippen LogP contribution in [0.2, 0.25) is 0 Å². The van der Waals surface area contributed by atoms with Crippen molar-refractivity contribution in [1.82, 2.24) is 14.7 Å². The Bertz CT molecular complexity index is 617. The van der Waals surface area contributed by atoms with Crippen LogP contribution in [-0.2, 0) is 13.1 Å². The molecule has 0 bridgehead atoms. The van der Waals surface area contributed by atoms with Crippen molar-refractivity contribution in [3.8, 4) is 5.75 Å². The summed E-state index contributed by atoms with van der Waals surface area (Å²) in [6.07, 6.45) is 3.88. The van der Waals surface area contributed by atoms with Gasteiger partial charge in [0.05, 0.1) is 12.3 Å². The van der Waals surface area contributed by atoms with Crippen LogP contribution in [0.3, 0.4) is 0 Å². The highest BCUT2D eigenvalue weighted by Crippen LogP contribution is 2.15. The predicted octanol–water partition coefficient (Wildman–Crippen LogP) is 2.96. The number of nitrogens with zero attached hydrogens (tertiary/aromatic N) is 3. The molecule has 0 N–H and O–H groups in total. The SMILES string of the molecule is CCn1cc(CN(C)C(=O)c2ccc(OC(C)C)cc2)cn1. The highest BCUT2D eigenvalue weighted by Gasteiger charge is 2.13. The Morgan fingerprint density at radius 3 is 2.55 bits per heavy atom. The average Bonchev–Trinajstić information content (AvgIpc) is 2.94. The third-order valence-electron chi connectivity index (χ3n) is 3.25. The lowest BCUT2D eigenvalue weighted by Gasteiger charge is -2.17. The molecule has 0 saturated carbocycles. The molecule has 2 rings (SSSR count). The van der Waals surface area contributed by atoms with Crippen LogP contribution in [0.1, 0.15) is 36.7 Å². The van der Waals surface area contributed by atoms with Crippen molar-refractivity contribution in [1.29, 1.82) is 0 Å². The molecular formula is C17H23N3O2. The van der Waals surface area contributed by atoms with Gasteiger partial charge in [-0.15, -0.1) is 0 Å². The van der Waals surface area contributed by atoms with Gasteiger partial charge in [-0.05, 0) is 45.0 Å². The minimum absolute atomic E-state index is 0.0136. The van der Waals surface area contributed by atoms with Crippen molar-refractivity contribution in [3.63, 3.8) is 0 Å². The van der Waals surface area contributed by atoms with Gasteiger partial charge in [0.15, 0.2) is 0 Å². The number of hydrogen-bond donors (Lipinski definition) is 0. The number of amides is 1. The van der Waals surface area contributed by atoms with Gasteiger partial charge in [0.1, 0.15) is 5.75 Å². The summed E-state index contributed by atoms with van der Waals surface area (Å²) in [7, 11) is 1.80. The summed E-state index contributed by atoms with van der Waals surface area (Å²) in [5.74, 6) is 0.763. The van der Waals surface area contributed by atoms with E-state index in [0.29, 0.717) is 12.1 Å². The zero-order chi connectivity index (χ0) is 16.1. The van der Waals surface area contributed by atoms with Crippen LogP contribution in [-0.4, -0.2) is 33.7 Å². The fourth-order valence-electron chi connectivity index (χ4n) is 2.18. The van der Waals surface area contributed by atoms with Crippen molar-refractivity contribution >= 4 is 5.91 Å². The largest absolute Gasteiger partial charge is 0.491 e. The molecule has 0 aliphatic carbocycles. The molecule has 0 aliphatic heterocycles. The lowest BCUT2D eigenvalue weighted by Crippen LogP contribution is -2.26. The zero-order valence-electron chi connectivity index (χ0n) is 13.6. The van der Waals surface area contributed by atoms with E-state index in [2.05, 4.69) is 5.10 Å². The van der Waals surface area contributed by atoms with Gasteiger partial charge < -0.3 is 9.64 Å². The predicted molar refractivity (Wildman–Crippen MR) is 85.9 cm³/mol. The standard InChI is InChI=1S/C17H23N3O2/c1-5-20-12-14(10-18-20)11-19(4)17(21)15-6-8-16(9-7-15)22-13(2)3/h6-10,12-13H,5,11H2,1-4H3. The fourth-order valence-corrected chi connectivity index (χ4v) is 2.18. The number of carbonyl (C=O) groups excluding carboxylic acids is 1. The van der Waals surface area contributed by atoms with Crippen LogP contribution in [0.4, 0.5) is 0 Å². The van der Waals surface area contributed by atoms with E-state index in [0.717, 1.165) is 17.9 Å². The normalized spacial score (nSPS) is 10.8. The smallest absolute Gasteiger partial charge is 0.253 e. The molecule has 1 amide bonds. The third-order valence-corrected chi connectivity index (χ3v) is 3.25. The molecule has 1 aromatic heterocycles. The molecule has 5 nitrogen and oxygen atoms in total. The van der Waals surface area contributed by atoms with E-state index >= 15 is 0 Å². The Morgan fingerprint density at radius 1 is 1.32 bits per heavy atom. The highest BCUT2D eigenvalue weighted by molar-refractivity contribution is 5.94. The number of rotatable bonds is 6. The number of aryl methyl sites for hydroxylation is 1. The van der Waals surface area contributed by atoms with Crippen LogP contribution < -0.4 is 4.74 Å². The van der Waals surface area contributed by atoms with E-state index in [1.165, 1.54) is 0 Å². The summed E-state index contributed by atoms with van der Waals surface area (Å²) in [5.41, 5.74) is 1.68. The van der Waals surface area contributed by atoms with Crippen LogP contribution in [0, 0.1) is 0 Å². The Kier molecular flexibility index (Phi) is 5.20. The summed E-state index contributed by atoms with van der Waals surface area (Å²) >= 11 is 0. The van der Waals surface area contributed by atoms with Crippen molar-refractivity contribution in [2.24, 2.45) is 0 Å². The fraction of sp³-hybridized carbons (Fsp3) is 0.412. The van der Waals surface area contributed by atoms with Crippen LogP contribution in [0.5, 0.6) is 5.75 Å². The lowest BCUT2D eigenvalue weighted by molar-refractivity contribution is 0.0785. The molecule has 0 fully saturated rings. The van der Waals surface area contributed by atoms with Crippen molar-refractivity contribution in [2.45, 2.75) is 40.0 Å². The van der Waals surface area contributed by atoms with Gasteiger partial charge >= 0.3 is 0 Å². The molecule has 1 heterocycles. The van der Waals surface area contributed by atoms with Crippen molar-refractivity contribution in [3.05, 3.63) is 47.8 Å². The Balaban J connectivity index is 2.00. The van der Waals surface area contributed by atoms with E-state index < -0.39 is 0 Å². The summed E-state index contributed by atoms with van der Waals surface area (Å²) in [4.78, 5) is 14.1. The molecule has 0 atom stereocenters. The van der Waals surface area contributed by atoms with Gasteiger partial charge in [-0.1, -0.05) is 0 Å². The Morgan fingerprint density at radius 2 is 2.00 bits per heavy atom. The zero-order valence-corrected chi connectivity index (χ0v) is 13.6. The maximum Gasteiger partial charge on any atom is 0.253 e. The molecule has 0 radical (unpaired) electrons. The van der Waals surface area contributed by atoms with Gasteiger partial charge in [-0.2, -0.15) is 5.10 Å². The van der Waals surface area contributed by atoms with Crippen LogP contribution in [0.25, 0.3) is 0 Å². The summed E-state index contributed by atoms with van der Waals surface area (Å²) in [5, 5.41) is 4.22. The maximum absolute atomic E-state index is 12.4. The second kappa shape index (κ2) is 7.11. The first-order valence-corrected chi connectivity index (χ1v) is 7.53. The second-order valence-corrected chi connectivity index (χ2v) is 5.56. The minimum atomic E-state index is -0.0136. The van der Waals surface area contributed by atoms with Gasteiger partial charge in [-0.3, -0.25) is 9.48 Å². The molecule has 5 heteroatoms. The van der Waals surface area contributed by atoms with E-state index in [1.807, 2.05) is 43.8 Å². The van der Waals surface area contributed by atoms with E-state index in [1.54, 1.807) is 30.3 Å². The van der Waals surface area contributed by atoms with Crippen molar-refractivity contribution in [2.75, 3.05) is 7.05 Å². The molecule has 0 spiro atoms. The number of carbonyl (C=O) groups is 1. The van der Waals surface area contributed by atoms with Gasteiger partial charge in [0, 0.05) is 37.5 Å². The summed E-state index contributed by atoms with van der Waals surface area (Å²) in [6.45, 7) is 7.36. The number of hydrogen-bond acceptors (Lipinski definition) is 3. The minimum Gasteiger partial charge on any atom is -0.491 e. The molecule has 118 valence electrons. The first-order chi connectivity index (χ1) is 10.5. The molecule has 1 aromatic carbocycles. The average molecular weight is 301 g/mol. The Labute approximate surface area is 131 Å². The second-order valence-electron chi connectivity index (χ2n) is 5.56. The van der Waals surface area contributed by atoms with E-state index in [4.69, 9.17) is 4.74 Å². The Hall–Kier alpha value is -2.30. The molecule has 0 saturated heterocycles. The summed E-state index contributed by atoms with van der Waals surface area (Å²) < 4.78 is 7.44. The van der Waals surface area contributed by atoms with Gasteiger partial charge in [0.2, 0.25) is 0 Å². The lowest BCUT2D eigenvalue weighted by atomic mass is 10.2. The monoisotopic (exact) mass is 301 g/mol. The topological polar surface area (TPSA) is 47.4 Å². The first-order valence-electron chi connectivity index (χ1n) is 7.53. The first kappa shape index (κ1) is 16.1. The maximum atomic E-state index is 12.4. The van der Waals surface area contributed by atoms with Crippen molar-refractivity contribution < 1.29 is 9.53 Å². The number of ether oxygens (including phenoxy) is 1.